The number of halogens is 3. The lowest BCUT2D eigenvalue weighted by Crippen LogP contribution is -2.07. The standard InChI is InChI=1S/C14H16F3N3/c1-3-6-10-12(19-20(2)13(10)18)9-7-4-5-8-11(9)14(15,16)17/h4-5,7-8H,3,6,18H2,1-2H3. The number of aromatic nitrogens is 2. The number of alkyl halides is 3. The number of nitrogen functional groups attached to an aromatic ring is 1. The van der Waals surface area contributed by atoms with Crippen molar-refractivity contribution < 1.29 is 13.2 Å². The van der Waals surface area contributed by atoms with Gasteiger partial charge in [0.05, 0.1) is 11.3 Å². The maximum Gasteiger partial charge on any atom is 0.417 e. The highest BCUT2D eigenvalue weighted by Crippen LogP contribution is 2.38. The molecule has 2 N–H and O–H groups in total. The maximum atomic E-state index is 13.1. The van der Waals surface area contributed by atoms with Crippen LogP contribution in [0.2, 0.25) is 0 Å². The summed E-state index contributed by atoms with van der Waals surface area (Å²) in [5, 5.41) is 4.16. The zero-order valence-corrected chi connectivity index (χ0v) is 11.3. The van der Waals surface area contributed by atoms with Gasteiger partial charge in [0.15, 0.2) is 0 Å². The summed E-state index contributed by atoms with van der Waals surface area (Å²) in [6.07, 6.45) is -3.02. The SMILES string of the molecule is CCCc1c(-c2ccccc2C(F)(F)F)nn(C)c1N. The van der Waals surface area contributed by atoms with E-state index in [-0.39, 0.29) is 5.56 Å². The van der Waals surface area contributed by atoms with E-state index in [1.807, 2.05) is 6.92 Å². The maximum absolute atomic E-state index is 13.1. The molecule has 6 heteroatoms. The van der Waals surface area contributed by atoms with Crippen LogP contribution in [-0.4, -0.2) is 9.78 Å². The van der Waals surface area contributed by atoms with Crippen LogP contribution >= 0.6 is 0 Å². The van der Waals surface area contributed by atoms with Gasteiger partial charge in [0.25, 0.3) is 0 Å². The Kier molecular flexibility index (Phi) is 3.74. The van der Waals surface area contributed by atoms with Gasteiger partial charge in [0.2, 0.25) is 0 Å². The van der Waals surface area contributed by atoms with Crippen molar-refractivity contribution in [2.24, 2.45) is 7.05 Å². The second-order valence-electron chi connectivity index (χ2n) is 4.63. The Balaban J connectivity index is 2.66. The molecule has 0 atom stereocenters. The molecule has 1 aromatic heterocycles. The first kappa shape index (κ1) is 14.4. The third-order valence-corrected chi connectivity index (χ3v) is 3.18. The average Bonchev–Trinajstić information content (AvgIpc) is 2.66. The van der Waals surface area contributed by atoms with E-state index in [4.69, 9.17) is 5.73 Å². The molecule has 0 saturated carbocycles. The highest BCUT2D eigenvalue weighted by Gasteiger charge is 2.34. The number of hydrogen-bond donors (Lipinski definition) is 1. The van der Waals surface area contributed by atoms with Crippen LogP contribution < -0.4 is 5.73 Å². The van der Waals surface area contributed by atoms with E-state index in [1.165, 1.54) is 16.8 Å². The van der Waals surface area contributed by atoms with Crippen LogP contribution in [-0.2, 0) is 19.6 Å². The summed E-state index contributed by atoms with van der Waals surface area (Å²) >= 11 is 0. The van der Waals surface area contributed by atoms with E-state index < -0.39 is 11.7 Å². The first-order valence-corrected chi connectivity index (χ1v) is 6.34. The molecule has 0 fully saturated rings. The Morgan fingerprint density at radius 1 is 1.25 bits per heavy atom. The summed E-state index contributed by atoms with van der Waals surface area (Å²) in [6, 6.07) is 5.45. The van der Waals surface area contributed by atoms with Gasteiger partial charge in [-0.15, -0.1) is 0 Å². The fourth-order valence-electron chi connectivity index (χ4n) is 2.23. The van der Waals surface area contributed by atoms with Crippen LogP contribution in [0.5, 0.6) is 0 Å². The Morgan fingerprint density at radius 2 is 1.90 bits per heavy atom. The fourth-order valence-corrected chi connectivity index (χ4v) is 2.23. The van der Waals surface area contributed by atoms with Crippen molar-refractivity contribution in [3.63, 3.8) is 0 Å². The first-order valence-electron chi connectivity index (χ1n) is 6.34. The number of nitrogens with zero attached hydrogens (tertiary/aromatic N) is 2. The molecule has 3 nitrogen and oxygen atoms in total. The summed E-state index contributed by atoms with van der Waals surface area (Å²) in [4.78, 5) is 0. The minimum Gasteiger partial charge on any atom is -0.384 e. The van der Waals surface area contributed by atoms with Gasteiger partial charge in [0, 0.05) is 18.2 Å². The predicted molar refractivity (Wildman–Crippen MR) is 72.1 cm³/mol. The van der Waals surface area contributed by atoms with Gasteiger partial charge in [0.1, 0.15) is 5.82 Å². The van der Waals surface area contributed by atoms with Crippen molar-refractivity contribution in [2.75, 3.05) is 5.73 Å². The molecule has 2 rings (SSSR count). The summed E-state index contributed by atoms with van der Waals surface area (Å²) in [5.41, 5.74) is 6.29. The molecule has 0 spiro atoms. The topological polar surface area (TPSA) is 43.8 Å². The zero-order chi connectivity index (χ0) is 14.9. The van der Waals surface area contributed by atoms with E-state index in [0.717, 1.165) is 12.5 Å². The van der Waals surface area contributed by atoms with Crippen molar-refractivity contribution in [1.29, 1.82) is 0 Å². The smallest absolute Gasteiger partial charge is 0.384 e. The normalized spacial score (nSPS) is 11.8. The summed E-state index contributed by atoms with van der Waals surface area (Å²) < 4.78 is 40.7. The third-order valence-electron chi connectivity index (χ3n) is 3.18. The Bertz CT molecular complexity index is 615. The summed E-state index contributed by atoms with van der Waals surface area (Å²) in [6.45, 7) is 1.95. The van der Waals surface area contributed by atoms with Crippen LogP contribution in [0.3, 0.4) is 0 Å². The summed E-state index contributed by atoms with van der Waals surface area (Å²) in [5.74, 6) is 0.416. The van der Waals surface area contributed by atoms with Gasteiger partial charge in [-0.25, -0.2) is 0 Å². The molecule has 1 heterocycles. The highest BCUT2D eigenvalue weighted by atomic mass is 19.4. The number of nitrogens with two attached hydrogens (primary N) is 1. The molecule has 2 aromatic rings. The lowest BCUT2D eigenvalue weighted by atomic mass is 9.99. The molecule has 108 valence electrons. The zero-order valence-electron chi connectivity index (χ0n) is 11.3. The molecular weight excluding hydrogens is 267 g/mol. The molecule has 0 aliphatic rings. The van der Waals surface area contributed by atoms with Crippen LogP contribution in [0.4, 0.5) is 19.0 Å². The van der Waals surface area contributed by atoms with Gasteiger partial charge in [-0.2, -0.15) is 18.3 Å². The van der Waals surface area contributed by atoms with E-state index >= 15 is 0 Å². The number of anilines is 1. The molecule has 0 aliphatic carbocycles. The van der Waals surface area contributed by atoms with E-state index in [9.17, 15) is 13.2 Å². The van der Waals surface area contributed by atoms with Gasteiger partial charge in [-0.1, -0.05) is 31.5 Å². The Hall–Kier alpha value is -1.98. The minimum atomic E-state index is -4.41. The van der Waals surface area contributed by atoms with Crippen molar-refractivity contribution in [2.45, 2.75) is 25.9 Å². The third kappa shape index (κ3) is 2.50. The Labute approximate surface area is 115 Å². The molecule has 20 heavy (non-hydrogen) atoms. The Morgan fingerprint density at radius 3 is 2.50 bits per heavy atom. The van der Waals surface area contributed by atoms with Gasteiger partial charge in [-0.05, 0) is 12.5 Å². The van der Waals surface area contributed by atoms with Gasteiger partial charge in [-0.3, -0.25) is 4.68 Å². The molecular formula is C14H16F3N3. The molecule has 0 unspecified atom stereocenters. The highest BCUT2D eigenvalue weighted by molar-refractivity contribution is 5.71. The molecule has 0 radical (unpaired) electrons. The van der Waals surface area contributed by atoms with Crippen LogP contribution in [0.25, 0.3) is 11.3 Å². The molecule has 0 amide bonds. The second-order valence-corrected chi connectivity index (χ2v) is 4.63. The van der Waals surface area contributed by atoms with Gasteiger partial charge >= 0.3 is 6.18 Å². The van der Waals surface area contributed by atoms with Crippen LogP contribution in [0.15, 0.2) is 24.3 Å². The quantitative estimate of drug-likeness (QED) is 0.934. The van der Waals surface area contributed by atoms with Crippen molar-refractivity contribution in [3.05, 3.63) is 35.4 Å². The van der Waals surface area contributed by atoms with E-state index in [1.54, 1.807) is 13.1 Å². The van der Waals surface area contributed by atoms with Crippen LogP contribution in [0, 0.1) is 0 Å². The number of aryl methyl sites for hydroxylation is 1. The average molecular weight is 283 g/mol. The second kappa shape index (κ2) is 5.19. The molecule has 1 aromatic carbocycles. The molecule has 0 aliphatic heterocycles. The van der Waals surface area contributed by atoms with Gasteiger partial charge < -0.3 is 5.73 Å². The first-order chi connectivity index (χ1) is 9.36. The summed E-state index contributed by atoms with van der Waals surface area (Å²) in [7, 11) is 1.63. The van der Waals surface area contributed by atoms with E-state index in [0.29, 0.717) is 23.5 Å². The number of benzene rings is 1. The monoisotopic (exact) mass is 283 g/mol. The lowest BCUT2D eigenvalue weighted by Gasteiger charge is -2.12. The largest absolute Gasteiger partial charge is 0.417 e. The number of hydrogen-bond acceptors (Lipinski definition) is 2. The lowest BCUT2D eigenvalue weighted by molar-refractivity contribution is -0.137. The fraction of sp³-hybridized carbons (Fsp3) is 0.357. The molecule has 0 bridgehead atoms. The van der Waals surface area contributed by atoms with Crippen LogP contribution in [0.1, 0.15) is 24.5 Å². The van der Waals surface area contributed by atoms with Crippen molar-refractivity contribution >= 4 is 5.82 Å². The predicted octanol–water partition coefficient (Wildman–Crippen LogP) is 3.64. The molecule has 0 saturated heterocycles. The van der Waals surface area contributed by atoms with Crippen molar-refractivity contribution in [1.82, 2.24) is 9.78 Å². The minimum absolute atomic E-state index is 0.0794. The van der Waals surface area contributed by atoms with E-state index in [2.05, 4.69) is 5.10 Å². The van der Waals surface area contributed by atoms with Crippen molar-refractivity contribution in [3.8, 4) is 11.3 Å². The number of rotatable bonds is 3.